The smallest absolute Gasteiger partial charge is 0.242 e. The van der Waals surface area contributed by atoms with E-state index in [1.807, 2.05) is 0 Å². The van der Waals surface area contributed by atoms with E-state index in [9.17, 15) is 13.2 Å². The number of sulfonamides is 1. The number of carbonyl (C=O) groups is 1. The van der Waals surface area contributed by atoms with E-state index in [1.54, 1.807) is 19.0 Å². The van der Waals surface area contributed by atoms with Gasteiger partial charge in [-0.15, -0.1) is 0 Å². The van der Waals surface area contributed by atoms with Crippen LogP contribution in [0.15, 0.2) is 23.1 Å². The molecular weight excluding hydrogens is 385 g/mol. The molecular formula is C16H23Cl2N3O3S. The Morgan fingerprint density at radius 3 is 2.76 bits per heavy atom. The number of nitrogens with one attached hydrogen (secondary N) is 1. The fourth-order valence-corrected chi connectivity index (χ4v) is 4.76. The van der Waals surface area contributed by atoms with Crippen LogP contribution >= 0.6 is 23.2 Å². The molecule has 1 aromatic rings. The minimum Gasteiger partial charge on any atom is -0.347 e. The first-order chi connectivity index (χ1) is 11.7. The van der Waals surface area contributed by atoms with Crippen LogP contribution in [-0.2, 0) is 14.8 Å². The van der Waals surface area contributed by atoms with Crippen molar-refractivity contribution in [3.8, 4) is 0 Å². The second kappa shape index (κ2) is 8.68. The Kier molecular flexibility index (Phi) is 7.10. The van der Waals surface area contributed by atoms with Crippen molar-refractivity contribution in [2.45, 2.75) is 30.2 Å². The van der Waals surface area contributed by atoms with Crippen molar-refractivity contribution in [3.63, 3.8) is 0 Å². The molecule has 140 valence electrons. The van der Waals surface area contributed by atoms with E-state index >= 15 is 0 Å². The van der Waals surface area contributed by atoms with Crippen LogP contribution in [0, 0.1) is 0 Å². The molecule has 1 atom stereocenters. The van der Waals surface area contributed by atoms with E-state index < -0.39 is 10.0 Å². The van der Waals surface area contributed by atoms with Gasteiger partial charge in [0.2, 0.25) is 15.9 Å². The van der Waals surface area contributed by atoms with Crippen molar-refractivity contribution in [3.05, 3.63) is 28.2 Å². The lowest BCUT2D eigenvalue weighted by molar-refractivity contribution is -0.133. The van der Waals surface area contributed by atoms with Crippen molar-refractivity contribution >= 4 is 39.1 Å². The number of benzene rings is 1. The average Bonchev–Trinajstić information content (AvgIpc) is 3.01. The third kappa shape index (κ3) is 5.31. The SMILES string of the molecule is CN(C)C(=O)C1CCCN1CCCNS(=O)(=O)c1cc(Cl)ccc1Cl. The van der Waals surface area contributed by atoms with E-state index in [4.69, 9.17) is 23.2 Å². The lowest BCUT2D eigenvalue weighted by Crippen LogP contribution is -2.43. The second-order valence-corrected chi connectivity index (χ2v) is 8.83. The van der Waals surface area contributed by atoms with E-state index in [0.717, 1.165) is 19.4 Å². The zero-order valence-corrected chi connectivity index (χ0v) is 16.7. The molecule has 1 aliphatic heterocycles. The van der Waals surface area contributed by atoms with Crippen molar-refractivity contribution < 1.29 is 13.2 Å². The van der Waals surface area contributed by atoms with E-state index in [2.05, 4.69) is 9.62 Å². The summed E-state index contributed by atoms with van der Waals surface area (Å²) in [5.41, 5.74) is 0. The zero-order valence-electron chi connectivity index (χ0n) is 14.3. The molecule has 0 bridgehead atoms. The van der Waals surface area contributed by atoms with Gasteiger partial charge < -0.3 is 4.90 Å². The molecule has 0 aliphatic carbocycles. The number of likely N-dealkylation sites (tertiary alicyclic amines) is 1. The van der Waals surface area contributed by atoms with Crippen LogP contribution < -0.4 is 4.72 Å². The molecule has 1 aromatic carbocycles. The van der Waals surface area contributed by atoms with Gasteiger partial charge in [0.15, 0.2) is 0 Å². The fourth-order valence-electron chi connectivity index (χ4n) is 2.92. The number of hydrogen-bond acceptors (Lipinski definition) is 4. The maximum Gasteiger partial charge on any atom is 0.242 e. The van der Waals surface area contributed by atoms with Gasteiger partial charge in [0.25, 0.3) is 0 Å². The first kappa shape index (κ1) is 20.5. The van der Waals surface area contributed by atoms with Gasteiger partial charge in [-0.2, -0.15) is 0 Å². The molecule has 0 radical (unpaired) electrons. The first-order valence-corrected chi connectivity index (χ1v) is 10.4. The van der Waals surface area contributed by atoms with Crippen LogP contribution in [0.3, 0.4) is 0 Å². The second-order valence-electron chi connectivity index (χ2n) is 6.25. The first-order valence-electron chi connectivity index (χ1n) is 8.12. The Hall–Kier alpha value is -0.860. The molecule has 2 rings (SSSR count). The van der Waals surface area contributed by atoms with Gasteiger partial charge in [-0.25, -0.2) is 13.1 Å². The minimum absolute atomic E-state index is 0.0245. The summed E-state index contributed by atoms with van der Waals surface area (Å²) in [5, 5.41) is 0.444. The molecule has 1 saturated heterocycles. The highest BCUT2D eigenvalue weighted by atomic mass is 35.5. The van der Waals surface area contributed by atoms with Crippen LogP contribution in [0.4, 0.5) is 0 Å². The number of carbonyl (C=O) groups excluding carboxylic acids is 1. The largest absolute Gasteiger partial charge is 0.347 e. The molecule has 1 fully saturated rings. The highest BCUT2D eigenvalue weighted by Crippen LogP contribution is 2.25. The summed E-state index contributed by atoms with van der Waals surface area (Å²) in [7, 11) is -0.209. The third-order valence-corrected chi connectivity index (χ3v) is 6.36. The molecule has 6 nitrogen and oxygen atoms in total. The summed E-state index contributed by atoms with van der Waals surface area (Å²) in [6, 6.07) is 4.23. The Labute approximate surface area is 159 Å². The molecule has 25 heavy (non-hydrogen) atoms. The van der Waals surface area contributed by atoms with E-state index in [-0.39, 0.29) is 28.4 Å². The zero-order chi connectivity index (χ0) is 18.6. The van der Waals surface area contributed by atoms with Gasteiger partial charge in [0.05, 0.1) is 11.1 Å². The van der Waals surface area contributed by atoms with Gasteiger partial charge in [-0.05, 0) is 44.0 Å². The number of rotatable bonds is 7. The summed E-state index contributed by atoms with van der Waals surface area (Å²) in [4.78, 5) is 15.8. The monoisotopic (exact) mass is 407 g/mol. The summed E-state index contributed by atoms with van der Waals surface area (Å²) in [5.74, 6) is 0.101. The maximum absolute atomic E-state index is 12.3. The van der Waals surface area contributed by atoms with Gasteiger partial charge in [0, 0.05) is 32.2 Å². The minimum atomic E-state index is -3.71. The van der Waals surface area contributed by atoms with Crippen molar-refractivity contribution in [2.24, 2.45) is 0 Å². The van der Waals surface area contributed by atoms with Crippen molar-refractivity contribution in [1.29, 1.82) is 0 Å². The summed E-state index contributed by atoms with van der Waals surface area (Å²) in [6.07, 6.45) is 2.43. The number of hydrogen-bond donors (Lipinski definition) is 1. The van der Waals surface area contributed by atoms with Crippen LogP contribution in [0.2, 0.25) is 10.0 Å². The van der Waals surface area contributed by atoms with Gasteiger partial charge >= 0.3 is 0 Å². The molecule has 0 saturated carbocycles. The third-order valence-electron chi connectivity index (χ3n) is 4.19. The molecule has 9 heteroatoms. The number of halogens is 2. The van der Waals surface area contributed by atoms with E-state index in [0.29, 0.717) is 18.0 Å². The molecule has 1 heterocycles. The number of nitrogens with zero attached hydrogens (tertiary/aromatic N) is 2. The maximum atomic E-state index is 12.3. The summed E-state index contributed by atoms with van der Waals surface area (Å²) < 4.78 is 27.2. The Bertz CT molecular complexity index is 725. The Morgan fingerprint density at radius 2 is 2.08 bits per heavy atom. The average molecular weight is 408 g/mol. The van der Waals surface area contributed by atoms with Gasteiger partial charge in [-0.3, -0.25) is 9.69 Å². The van der Waals surface area contributed by atoms with Crippen LogP contribution in [0.5, 0.6) is 0 Å². The standard InChI is InChI=1S/C16H23Cl2N3O3S/c1-20(2)16(22)14-5-3-9-21(14)10-4-8-19-25(23,24)15-11-12(17)6-7-13(15)18/h6-7,11,14,19H,3-5,8-10H2,1-2H3. The summed E-state index contributed by atoms with van der Waals surface area (Å²) in [6.45, 7) is 1.79. The number of amides is 1. The topological polar surface area (TPSA) is 69.7 Å². The highest BCUT2D eigenvalue weighted by Gasteiger charge is 2.31. The van der Waals surface area contributed by atoms with E-state index in [1.165, 1.54) is 18.2 Å². The van der Waals surface area contributed by atoms with Gasteiger partial charge in [-0.1, -0.05) is 23.2 Å². The molecule has 0 aromatic heterocycles. The highest BCUT2D eigenvalue weighted by molar-refractivity contribution is 7.89. The van der Waals surface area contributed by atoms with Crippen LogP contribution in [0.25, 0.3) is 0 Å². The normalized spacial score (nSPS) is 18.5. The quantitative estimate of drug-likeness (QED) is 0.703. The van der Waals surface area contributed by atoms with Crippen molar-refractivity contribution in [2.75, 3.05) is 33.7 Å². The van der Waals surface area contributed by atoms with Gasteiger partial charge in [0.1, 0.15) is 4.90 Å². The Morgan fingerprint density at radius 1 is 1.36 bits per heavy atom. The fraction of sp³-hybridized carbons (Fsp3) is 0.562. The molecule has 1 N–H and O–H groups in total. The van der Waals surface area contributed by atoms with Crippen LogP contribution in [-0.4, -0.2) is 63.9 Å². The summed E-state index contributed by atoms with van der Waals surface area (Å²) >= 11 is 11.8. The van der Waals surface area contributed by atoms with Crippen LogP contribution in [0.1, 0.15) is 19.3 Å². The predicted molar refractivity (Wildman–Crippen MR) is 99.6 cm³/mol. The molecule has 0 spiro atoms. The lowest BCUT2D eigenvalue weighted by Gasteiger charge is -2.26. The predicted octanol–water partition coefficient (Wildman–Crippen LogP) is 2.21. The molecule has 1 unspecified atom stereocenters. The molecule has 1 aliphatic rings. The number of likely N-dealkylation sites (N-methyl/N-ethyl adjacent to an activating group) is 1. The molecule has 1 amide bonds. The van der Waals surface area contributed by atoms with Crippen molar-refractivity contribution in [1.82, 2.24) is 14.5 Å². The lowest BCUT2D eigenvalue weighted by atomic mass is 10.2. The Balaban J connectivity index is 1.88.